The average Bonchev–Trinajstić information content (AvgIpc) is 1.83. The summed E-state index contributed by atoms with van der Waals surface area (Å²) >= 11 is 0. The van der Waals surface area contributed by atoms with Crippen LogP contribution in [-0.4, -0.2) is 19.3 Å². The second-order valence-corrected chi connectivity index (χ2v) is 2.24. The van der Waals surface area contributed by atoms with Crippen molar-refractivity contribution < 1.29 is 4.79 Å². The molecule has 3 nitrogen and oxygen atoms in total. The van der Waals surface area contributed by atoms with Gasteiger partial charge in [0.2, 0.25) is 0 Å². The zero-order valence-electron chi connectivity index (χ0n) is 5.85. The fourth-order valence-corrected chi connectivity index (χ4v) is 0.347. The molecule has 3 heteroatoms. The minimum Gasteiger partial charge on any atom is -0.336 e. The molecule has 52 valence electrons. The SMILES string of the molecule is C=NC(=O)NCC(C)C. The molecule has 0 saturated carbocycles. The van der Waals surface area contributed by atoms with E-state index in [2.05, 4.69) is 17.0 Å². The number of amides is 2. The molecule has 0 spiro atoms. The van der Waals surface area contributed by atoms with E-state index in [-0.39, 0.29) is 6.03 Å². The van der Waals surface area contributed by atoms with Crippen LogP contribution in [0.3, 0.4) is 0 Å². The Bertz CT molecular complexity index is 110. The summed E-state index contributed by atoms with van der Waals surface area (Å²) in [5.41, 5.74) is 0. The summed E-state index contributed by atoms with van der Waals surface area (Å²) in [6.45, 7) is 7.78. The predicted molar refractivity (Wildman–Crippen MR) is 37.8 cm³/mol. The molecule has 0 aliphatic carbocycles. The Morgan fingerprint density at radius 3 is 2.67 bits per heavy atom. The van der Waals surface area contributed by atoms with Crippen LogP contribution in [-0.2, 0) is 0 Å². The van der Waals surface area contributed by atoms with Crippen LogP contribution in [0.5, 0.6) is 0 Å². The highest BCUT2D eigenvalue weighted by molar-refractivity contribution is 5.78. The van der Waals surface area contributed by atoms with Gasteiger partial charge in [-0.15, -0.1) is 0 Å². The maximum atomic E-state index is 10.4. The molecule has 0 aromatic carbocycles. The molecule has 0 heterocycles. The Hall–Kier alpha value is -0.860. The normalized spacial score (nSPS) is 9.22. The molecule has 0 radical (unpaired) electrons. The summed E-state index contributed by atoms with van der Waals surface area (Å²) in [6.07, 6.45) is 0. The van der Waals surface area contributed by atoms with Gasteiger partial charge in [-0.2, -0.15) is 0 Å². The van der Waals surface area contributed by atoms with Crippen LogP contribution >= 0.6 is 0 Å². The molecule has 0 aliphatic heterocycles. The average molecular weight is 128 g/mol. The lowest BCUT2D eigenvalue weighted by Crippen LogP contribution is -2.23. The van der Waals surface area contributed by atoms with Crippen LogP contribution < -0.4 is 5.32 Å². The monoisotopic (exact) mass is 128 g/mol. The Morgan fingerprint density at radius 1 is 1.78 bits per heavy atom. The fourth-order valence-electron chi connectivity index (χ4n) is 0.347. The highest BCUT2D eigenvalue weighted by atomic mass is 16.2. The molecule has 0 aromatic rings. The molecule has 9 heavy (non-hydrogen) atoms. The summed E-state index contributed by atoms with van der Waals surface area (Å²) in [5, 5.41) is 2.56. The third-order valence-electron chi connectivity index (χ3n) is 0.805. The number of hydrogen-bond acceptors (Lipinski definition) is 1. The number of carbonyl (C=O) groups is 1. The van der Waals surface area contributed by atoms with Crippen molar-refractivity contribution in [1.29, 1.82) is 0 Å². The summed E-state index contributed by atoms with van der Waals surface area (Å²) in [4.78, 5) is 13.5. The zero-order chi connectivity index (χ0) is 7.28. The molecule has 2 amide bonds. The van der Waals surface area contributed by atoms with Gasteiger partial charge in [-0.3, -0.25) is 0 Å². The molecule has 0 saturated heterocycles. The summed E-state index contributed by atoms with van der Waals surface area (Å²) in [7, 11) is 0. The number of hydrogen-bond donors (Lipinski definition) is 1. The van der Waals surface area contributed by atoms with Gasteiger partial charge < -0.3 is 5.32 Å². The highest BCUT2D eigenvalue weighted by Crippen LogP contribution is 1.86. The van der Waals surface area contributed by atoms with Crippen LogP contribution in [0, 0.1) is 5.92 Å². The first-order chi connectivity index (χ1) is 4.16. The van der Waals surface area contributed by atoms with Gasteiger partial charge >= 0.3 is 6.03 Å². The fraction of sp³-hybridized carbons (Fsp3) is 0.667. The topological polar surface area (TPSA) is 41.5 Å². The zero-order valence-corrected chi connectivity index (χ0v) is 5.85. The van der Waals surface area contributed by atoms with Crippen LogP contribution in [0.1, 0.15) is 13.8 Å². The minimum atomic E-state index is -0.344. The van der Waals surface area contributed by atoms with Crippen molar-refractivity contribution in [3.8, 4) is 0 Å². The number of aliphatic imine (C=N–C) groups is 1. The third-order valence-corrected chi connectivity index (χ3v) is 0.805. The van der Waals surface area contributed by atoms with Gasteiger partial charge in [-0.25, -0.2) is 9.79 Å². The molecule has 0 rings (SSSR count). The van der Waals surface area contributed by atoms with E-state index in [0.717, 1.165) is 0 Å². The number of rotatable bonds is 2. The lowest BCUT2D eigenvalue weighted by atomic mass is 10.2. The Morgan fingerprint density at radius 2 is 2.33 bits per heavy atom. The maximum absolute atomic E-state index is 10.4. The van der Waals surface area contributed by atoms with Gasteiger partial charge in [0.1, 0.15) is 0 Å². The van der Waals surface area contributed by atoms with Gasteiger partial charge in [-0.05, 0) is 12.6 Å². The first-order valence-electron chi connectivity index (χ1n) is 2.91. The standard InChI is InChI=1S/C6H12N2O/c1-5(2)4-8-6(9)7-3/h5H,3-4H2,1-2H3,(H,8,9). The van der Waals surface area contributed by atoms with E-state index in [1.54, 1.807) is 0 Å². The van der Waals surface area contributed by atoms with Crippen LogP contribution in [0.2, 0.25) is 0 Å². The summed E-state index contributed by atoms with van der Waals surface area (Å²) in [6, 6.07) is -0.344. The van der Waals surface area contributed by atoms with Crippen molar-refractivity contribution in [2.75, 3.05) is 6.54 Å². The highest BCUT2D eigenvalue weighted by Gasteiger charge is 1.95. The predicted octanol–water partition coefficient (Wildman–Crippen LogP) is 1.05. The molecule has 0 fully saturated rings. The van der Waals surface area contributed by atoms with Gasteiger partial charge in [0.15, 0.2) is 0 Å². The van der Waals surface area contributed by atoms with E-state index in [1.807, 2.05) is 13.8 Å². The lowest BCUT2D eigenvalue weighted by Gasteiger charge is -2.02. The Kier molecular flexibility index (Phi) is 3.67. The summed E-state index contributed by atoms with van der Waals surface area (Å²) in [5.74, 6) is 0.468. The van der Waals surface area contributed by atoms with Gasteiger partial charge in [0.05, 0.1) is 0 Å². The smallest absolute Gasteiger partial charge is 0.336 e. The van der Waals surface area contributed by atoms with Gasteiger partial charge in [-0.1, -0.05) is 13.8 Å². The van der Waals surface area contributed by atoms with E-state index in [1.165, 1.54) is 0 Å². The van der Waals surface area contributed by atoms with Crippen molar-refractivity contribution >= 4 is 12.7 Å². The van der Waals surface area contributed by atoms with Gasteiger partial charge in [0.25, 0.3) is 0 Å². The Balaban J connectivity index is 3.27. The van der Waals surface area contributed by atoms with E-state index in [9.17, 15) is 4.79 Å². The van der Waals surface area contributed by atoms with Crippen LogP contribution in [0.15, 0.2) is 4.99 Å². The van der Waals surface area contributed by atoms with Crippen molar-refractivity contribution in [2.24, 2.45) is 10.9 Å². The summed E-state index contributed by atoms with van der Waals surface area (Å²) < 4.78 is 0. The number of nitrogens with one attached hydrogen (secondary N) is 1. The van der Waals surface area contributed by atoms with E-state index in [4.69, 9.17) is 0 Å². The first-order valence-corrected chi connectivity index (χ1v) is 2.91. The third kappa shape index (κ3) is 5.00. The maximum Gasteiger partial charge on any atom is 0.340 e. The minimum absolute atomic E-state index is 0.344. The molecule has 0 unspecified atom stereocenters. The molecule has 0 aromatic heterocycles. The largest absolute Gasteiger partial charge is 0.340 e. The van der Waals surface area contributed by atoms with Crippen molar-refractivity contribution in [1.82, 2.24) is 5.32 Å². The lowest BCUT2D eigenvalue weighted by molar-refractivity contribution is 0.248. The molecular weight excluding hydrogens is 116 g/mol. The van der Waals surface area contributed by atoms with E-state index in [0.29, 0.717) is 12.5 Å². The number of urea groups is 1. The number of nitrogens with zero attached hydrogens (tertiary/aromatic N) is 1. The molecule has 0 aliphatic rings. The quantitative estimate of drug-likeness (QED) is 0.555. The van der Waals surface area contributed by atoms with E-state index >= 15 is 0 Å². The Labute approximate surface area is 55.2 Å². The van der Waals surface area contributed by atoms with Crippen LogP contribution in [0.25, 0.3) is 0 Å². The molecular formula is C6H12N2O. The first kappa shape index (κ1) is 8.14. The second kappa shape index (κ2) is 4.06. The van der Waals surface area contributed by atoms with E-state index < -0.39 is 0 Å². The molecule has 0 bridgehead atoms. The van der Waals surface area contributed by atoms with Crippen molar-refractivity contribution in [2.45, 2.75) is 13.8 Å². The second-order valence-electron chi connectivity index (χ2n) is 2.24. The van der Waals surface area contributed by atoms with Crippen LogP contribution in [0.4, 0.5) is 4.79 Å². The number of carbonyl (C=O) groups excluding carboxylic acids is 1. The van der Waals surface area contributed by atoms with Crippen molar-refractivity contribution in [3.63, 3.8) is 0 Å². The molecule has 1 N–H and O–H groups in total. The molecule has 0 atom stereocenters. The van der Waals surface area contributed by atoms with Gasteiger partial charge in [0, 0.05) is 6.54 Å². The van der Waals surface area contributed by atoms with Crippen molar-refractivity contribution in [3.05, 3.63) is 0 Å².